The smallest absolute Gasteiger partial charge is 0.220 e. The Bertz CT molecular complexity index is 797. The molecule has 9 nitrogen and oxygen atoms in total. The van der Waals surface area contributed by atoms with E-state index in [0.717, 1.165) is 38.5 Å². The zero-order valence-electron chi connectivity index (χ0n) is 32.2. The molecule has 1 saturated heterocycles. The Morgan fingerprint density at radius 2 is 1.10 bits per heavy atom. The summed E-state index contributed by atoms with van der Waals surface area (Å²) in [5, 5.41) is 54.0. The van der Waals surface area contributed by atoms with E-state index >= 15 is 0 Å². The second-order valence-corrected chi connectivity index (χ2v) is 14.8. The van der Waals surface area contributed by atoms with Crippen molar-refractivity contribution < 1.29 is 39.8 Å². The average molecular weight is 714 g/mol. The first-order valence-electron chi connectivity index (χ1n) is 20.9. The molecule has 9 heteroatoms. The van der Waals surface area contributed by atoms with Gasteiger partial charge in [-0.05, 0) is 19.3 Å². The van der Waals surface area contributed by atoms with Gasteiger partial charge in [-0.15, -0.1) is 0 Å². The number of aliphatic hydroxyl groups excluding tert-OH is 5. The summed E-state index contributed by atoms with van der Waals surface area (Å²) in [5.74, 6) is -0.179. The highest BCUT2D eigenvalue weighted by Crippen LogP contribution is 2.22. The van der Waals surface area contributed by atoms with Gasteiger partial charge in [0.1, 0.15) is 24.4 Å². The summed E-state index contributed by atoms with van der Waals surface area (Å²) in [5.41, 5.74) is 0. The lowest BCUT2D eigenvalue weighted by Crippen LogP contribution is -2.60. The van der Waals surface area contributed by atoms with E-state index in [9.17, 15) is 30.3 Å². The van der Waals surface area contributed by atoms with Crippen molar-refractivity contribution in [1.29, 1.82) is 0 Å². The third-order valence-electron chi connectivity index (χ3n) is 10.1. The van der Waals surface area contributed by atoms with Gasteiger partial charge in [-0.3, -0.25) is 4.79 Å². The Labute approximate surface area is 306 Å². The number of nitrogens with one attached hydrogen (secondary N) is 1. The molecule has 0 spiro atoms. The first-order chi connectivity index (χ1) is 24.3. The second-order valence-electron chi connectivity index (χ2n) is 14.8. The number of unbranched alkanes of at least 4 members (excludes halogenated alkanes) is 24. The highest BCUT2D eigenvalue weighted by Gasteiger charge is 2.44. The number of aliphatic hydroxyl groups is 5. The van der Waals surface area contributed by atoms with E-state index in [4.69, 9.17) is 9.47 Å². The van der Waals surface area contributed by atoms with Gasteiger partial charge in [0, 0.05) is 6.42 Å². The van der Waals surface area contributed by atoms with Crippen molar-refractivity contribution in [2.75, 3.05) is 13.2 Å². The van der Waals surface area contributed by atoms with E-state index in [1.807, 2.05) is 6.08 Å². The van der Waals surface area contributed by atoms with Gasteiger partial charge in [0.25, 0.3) is 0 Å². The number of carbonyl (C=O) groups is 1. The summed E-state index contributed by atoms with van der Waals surface area (Å²) in [7, 11) is 0. The maximum absolute atomic E-state index is 12.8. The van der Waals surface area contributed by atoms with E-state index in [2.05, 4.69) is 19.2 Å². The summed E-state index contributed by atoms with van der Waals surface area (Å²) < 4.78 is 11.2. The topological polar surface area (TPSA) is 149 Å². The molecule has 1 heterocycles. The van der Waals surface area contributed by atoms with Gasteiger partial charge in [-0.25, -0.2) is 0 Å². The number of rotatable bonds is 34. The van der Waals surface area contributed by atoms with Gasteiger partial charge in [0.15, 0.2) is 6.29 Å². The van der Waals surface area contributed by atoms with Gasteiger partial charge in [-0.2, -0.15) is 0 Å². The van der Waals surface area contributed by atoms with Gasteiger partial charge >= 0.3 is 0 Å². The molecule has 0 aliphatic carbocycles. The van der Waals surface area contributed by atoms with Crippen LogP contribution in [0.1, 0.15) is 187 Å². The molecule has 1 rings (SSSR count). The van der Waals surface area contributed by atoms with E-state index in [0.29, 0.717) is 6.42 Å². The normalized spacial score (nSPS) is 22.3. The molecule has 1 aliphatic heterocycles. The summed E-state index contributed by atoms with van der Waals surface area (Å²) in [6.45, 7) is 3.75. The first-order valence-corrected chi connectivity index (χ1v) is 20.9. The van der Waals surface area contributed by atoms with Crippen LogP contribution in [0, 0.1) is 0 Å². The predicted molar refractivity (Wildman–Crippen MR) is 203 cm³/mol. The van der Waals surface area contributed by atoms with Crippen LogP contribution < -0.4 is 5.32 Å². The highest BCUT2D eigenvalue weighted by atomic mass is 16.7. The van der Waals surface area contributed by atoms with E-state index in [-0.39, 0.29) is 12.5 Å². The van der Waals surface area contributed by atoms with Crippen LogP contribution in [0.15, 0.2) is 12.2 Å². The second kappa shape index (κ2) is 32.6. The van der Waals surface area contributed by atoms with E-state index in [1.54, 1.807) is 6.08 Å². The zero-order chi connectivity index (χ0) is 36.7. The minimum absolute atomic E-state index is 0.179. The SMILES string of the molecule is CCCCCCCCCCCCCCCCC/C=C/[C@@H](O)[C@H](CO[C@@H]1O[C@H](CO)[C@H](O)C(O)C1O)NC(=O)CCCCCCCCCCCC. The third-order valence-corrected chi connectivity index (χ3v) is 10.1. The molecule has 50 heavy (non-hydrogen) atoms. The summed E-state index contributed by atoms with van der Waals surface area (Å²) >= 11 is 0. The predicted octanol–water partition coefficient (Wildman–Crippen LogP) is 7.78. The maximum Gasteiger partial charge on any atom is 0.220 e. The lowest BCUT2D eigenvalue weighted by molar-refractivity contribution is -0.302. The first kappa shape index (κ1) is 47.0. The van der Waals surface area contributed by atoms with Gasteiger partial charge < -0.3 is 40.3 Å². The number of carbonyl (C=O) groups excluding carboxylic acids is 1. The molecule has 0 saturated carbocycles. The fourth-order valence-corrected chi connectivity index (χ4v) is 6.68. The molecule has 1 fully saturated rings. The highest BCUT2D eigenvalue weighted by molar-refractivity contribution is 5.76. The van der Waals surface area contributed by atoms with E-state index < -0.39 is 49.5 Å². The van der Waals surface area contributed by atoms with Crippen LogP contribution in [0.2, 0.25) is 0 Å². The van der Waals surface area contributed by atoms with Gasteiger partial charge in [-0.1, -0.05) is 174 Å². The summed E-state index contributed by atoms with van der Waals surface area (Å²) in [6, 6.07) is -0.796. The van der Waals surface area contributed by atoms with E-state index in [1.165, 1.54) is 128 Å². The Balaban J connectivity index is 2.39. The average Bonchev–Trinajstić information content (AvgIpc) is 3.11. The number of amides is 1. The van der Waals surface area contributed by atoms with Crippen LogP contribution >= 0.6 is 0 Å². The monoisotopic (exact) mass is 714 g/mol. The van der Waals surface area contributed by atoms with Crippen LogP contribution in [-0.2, 0) is 14.3 Å². The maximum atomic E-state index is 12.8. The number of hydrogen-bond acceptors (Lipinski definition) is 8. The molecule has 0 aromatic carbocycles. The quantitative estimate of drug-likeness (QED) is 0.0293. The molecule has 0 aromatic rings. The van der Waals surface area contributed by atoms with Gasteiger partial charge in [0.2, 0.25) is 5.91 Å². The van der Waals surface area contributed by atoms with Crippen molar-refractivity contribution in [3.8, 4) is 0 Å². The van der Waals surface area contributed by atoms with Crippen molar-refractivity contribution in [1.82, 2.24) is 5.32 Å². The fraction of sp³-hybridized carbons (Fsp3) is 0.927. The minimum atomic E-state index is -1.56. The van der Waals surface area contributed by atoms with Crippen LogP contribution in [0.5, 0.6) is 0 Å². The van der Waals surface area contributed by atoms with Crippen molar-refractivity contribution in [3.63, 3.8) is 0 Å². The lowest BCUT2D eigenvalue weighted by Gasteiger charge is -2.40. The molecule has 2 unspecified atom stereocenters. The van der Waals surface area contributed by atoms with Crippen molar-refractivity contribution in [3.05, 3.63) is 12.2 Å². The van der Waals surface area contributed by atoms with Crippen molar-refractivity contribution >= 4 is 5.91 Å². The minimum Gasteiger partial charge on any atom is -0.394 e. The molecule has 1 aliphatic rings. The molecule has 7 atom stereocenters. The van der Waals surface area contributed by atoms with Crippen molar-refractivity contribution in [2.24, 2.45) is 0 Å². The van der Waals surface area contributed by atoms with Crippen LogP contribution in [0.3, 0.4) is 0 Å². The molecule has 0 radical (unpaired) electrons. The van der Waals surface area contributed by atoms with Crippen molar-refractivity contribution in [2.45, 2.75) is 230 Å². The summed E-state index contributed by atoms with van der Waals surface area (Å²) in [4.78, 5) is 12.8. The number of allylic oxidation sites excluding steroid dienone is 1. The Kier molecular flexibility index (Phi) is 30.6. The largest absolute Gasteiger partial charge is 0.394 e. The molecule has 0 bridgehead atoms. The van der Waals surface area contributed by atoms with Crippen LogP contribution in [-0.4, -0.2) is 87.5 Å². The molecule has 296 valence electrons. The fourth-order valence-electron chi connectivity index (χ4n) is 6.68. The molecular formula is C41H79NO8. The number of hydrogen-bond donors (Lipinski definition) is 6. The molecule has 0 aromatic heterocycles. The Morgan fingerprint density at radius 3 is 1.56 bits per heavy atom. The molecular weight excluding hydrogens is 634 g/mol. The Morgan fingerprint density at radius 1 is 0.660 bits per heavy atom. The lowest BCUT2D eigenvalue weighted by atomic mass is 9.99. The molecule has 1 amide bonds. The molecule has 6 N–H and O–H groups in total. The van der Waals surface area contributed by atoms with Crippen LogP contribution in [0.4, 0.5) is 0 Å². The van der Waals surface area contributed by atoms with Crippen LogP contribution in [0.25, 0.3) is 0 Å². The summed E-state index contributed by atoms with van der Waals surface area (Å²) in [6.07, 6.45) is 28.3. The third kappa shape index (κ3) is 23.5. The zero-order valence-corrected chi connectivity index (χ0v) is 32.2. The standard InChI is InChI=1S/C41H79NO8/c1-3-5-7-9-11-13-15-16-17-18-19-20-21-22-24-26-28-30-35(44)34(33-49-41-40(48)39(47)38(46)36(32-43)50-41)42-37(45)31-29-27-25-23-14-12-10-8-6-4-2/h28,30,34-36,38-41,43-44,46-48H,3-27,29,31-33H2,1-2H3,(H,42,45)/b30-28+/t34-,35+,36+,38-,39?,40?,41+/m0/s1. The Hall–Kier alpha value is -1.07. The number of ether oxygens (including phenoxy) is 2. The van der Waals surface area contributed by atoms with Gasteiger partial charge in [0.05, 0.1) is 25.4 Å².